The molecule has 0 heterocycles. The molecule has 0 unspecified atom stereocenters. The van der Waals surface area contributed by atoms with Crippen LogP contribution in [0.4, 0.5) is 17.6 Å². The zero-order chi connectivity index (χ0) is 11.4. The van der Waals surface area contributed by atoms with Crippen LogP contribution in [0.1, 0.15) is 5.56 Å². The van der Waals surface area contributed by atoms with E-state index in [4.69, 9.17) is 0 Å². The molecule has 0 saturated heterocycles. The predicted molar refractivity (Wildman–Crippen MR) is 50.5 cm³/mol. The molecule has 6 heteroatoms. The van der Waals surface area contributed by atoms with Crippen LogP contribution in [-0.4, -0.2) is 13.0 Å². The van der Waals surface area contributed by atoms with Crippen molar-refractivity contribution in [3.05, 3.63) is 28.2 Å². The average Bonchev–Trinajstić information content (AvgIpc) is 2.09. The minimum atomic E-state index is -2.95. The first-order valence-electron chi connectivity index (χ1n) is 4.00. The topological polar surface area (TPSA) is 9.23 Å². The lowest BCUT2D eigenvalue weighted by molar-refractivity contribution is -0.0499. The molecule has 1 aromatic rings. The van der Waals surface area contributed by atoms with Gasteiger partial charge < -0.3 is 4.74 Å². The molecular weight excluding hydrogens is 280 g/mol. The Hall–Kier alpha value is -0.780. The molecule has 0 spiro atoms. The third-order valence-electron chi connectivity index (χ3n) is 1.62. The maximum Gasteiger partial charge on any atom is 0.387 e. The second-order valence-corrected chi connectivity index (χ2v) is 3.58. The Morgan fingerprint density at radius 1 is 1.20 bits per heavy atom. The Morgan fingerprint density at radius 2 is 1.87 bits per heavy atom. The van der Waals surface area contributed by atoms with Crippen LogP contribution in [0.3, 0.4) is 0 Å². The van der Waals surface area contributed by atoms with Crippen LogP contribution >= 0.6 is 15.9 Å². The van der Waals surface area contributed by atoms with Crippen molar-refractivity contribution >= 4 is 15.9 Å². The average molecular weight is 287 g/mol. The summed E-state index contributed by atoms with van der Waals surface area (Å²) in [5.74, 6) is -0.121. The Balaban J connectivity index is 2.85. The van der Waals surface area contributed by atoms with Crippen molar-refractivity contribution < 1.29 is 22.3 Å². The van der Waals surface area contributed by atoms with Gasteiger partial charge in [-0.05, 0) is 23.8 Å². The van der Waals surface area contributed by atoms with Crippen molar-refractivity contribution in [2.24, 2.45) is 0 Å². The Bertz CT molecular complexity index is 330. The summed E-state index contributed by atoms with van der Waals surface area (Å²) < 4.78 is 52.4. The fourth-order valence-electron chi connectivity index (χ4n) is 1.05. The largest absolute Gasteiger partial charge is 0.435 e. The maximum atomic E-state index is 12.1. The van der Waals surface area contributed by atoms with Crippen molar-refractivity contribution in [3.8, 4) is 5.75 Å². The summed E-state index contributed by atoms with van der Waals surface area (Å²) in [6.07, 6.45) is -3.02. The van der Waals surface area contributed by atoms with E-state index in [2.05, 4.69) is 20.7 Å². The molecule has 15 heavy (non-hydrogen) atoms. The van der Waals surface area contributed by atoms with E-state index >= 15 is 0 Å². The number of ether oxygens (including phenoxy) is 1. The lowest BCUT2D eigenvalue weighted by Gasteiger charge is -2.08. The number of alkyl halides is 4. The van der Waals surface area contributed by atoms with E-state index in [1.165, 1.54) is 18.2 Å². The standard InChI is InChI=1S/C9H7BrF4O/c10-7-2-1-6(15-9(13)14)3-5(7)4-8(11)12/h1-3,8-9H,4H2. The molecule has 0 N–H and O–H groups in total. The van der Waals surface area contributed by atoms with E-state index in [-0.39, 0.29) is 11.3 Å². The van der Waals surface area contributed by atoms with Crippen molar-refractivity contribution in [2.45, 2.75) is 19.5 Å². The maximum absolute atomic E-state index is 12.1. The molecule has 0 aliphatic rings. The molecule has 0 fully saturated rings. The lowest BCUT2D eigenvalue weighted by Crippen LogP contribution is -2.03. The van der Waals surface area contributed by atoms with E-state index in [0.29, 0.717) is 4.47 Å². The van der Waals surface area contributed by atoms with Gasteiger partial charge in [0.1, 0.15) is 5.75 Å². The fraction of sp³-hybridized carbons (Fsp3) is 0.333. The van der Waals surface area contributed by atoms with Crippen LogP contribution in [0, 0.1) is 0 Å². The van der Waals surface area contributed by atoms with Crippen LogP contribution < -0.4 is 4.74 Å². The van der Waals surface area contributed by atoms with Gasteiger partial charge in [0.15, 0.2) is 0 Å². The minimum Gasteiger partial charge on any atom is -0.435 e. The number of hydrogen-bond acceptors (Lipinski definition) is 1. The molecule has 0 bridgehead atoms. The monoisotopic (exact) mass is 286 g/mol. The summed E-state index contributed by atoms with van der Waals surface area (Å²) in [6, 6.07) is 3.85. The lowest BCUT2D eigenvalue weighted by atomic mass is 10.1. The third-order valence-corrected chi connectivity index (χ3v) is 2.39. The minimum absolute atomic E-state index is 0.121. The summed E-state index contributed by atoms with van der Waals surface area (Å²) in [7, 11) is 0. The zero-order valence-electron chi connectivity index (χ0n) is 7.39. The molecule has 1 nitrogen and oxygen atoms in total. The summed E-state index contributed by atoms with van der Waals surface area (Å²) in [5.41, 5.74) is 0.239. The van der Waals surface area contributed by atoms with Gasteiger partial charge in [-0.15, -0.1) is 0 Å². The first-order valence-corrected chi connectivity index (χ1v) is 4.79. The highest BCUT2D eigenvalue weighted by Crippen LogP contribution is 2.25. The quantitative estimate of drug-likeness (QED) is 0.764. The zero-order valence-corrected chi connectivity index (χ0v) is 8.98. The van der Waals surface area contributed by atoms with Crippen LogP contribution in [0.15, 0.2) is 22.7 Å². The Labute approximate surface area is 92.2 Å². The molecule has 0 atom stereocenters. The molecular formula is C9H7BrF4O. The second kappa shape index (κ2) is 5.34. The van der Waals surface area contributed by atoms with Crippen molar-refractivity contribution in [3.63, 3.8) is 0 Å². The number of halogens is 5. The molecule has 84 valence electrons. The number of rotatable bonds is 4. The summed E-state index contributed by atoms with van der Waals surface area (Å²) in [6.45, 7) is -2.95. The van der Waals surface area contributed by atoms with Crippen LogP contribution in [0.2, 0.25) is 0 Å². The van der Waals surface area contributed by atoms with Crippen LogP contribution in [-0.2, 0) is 6.42 Å². The summed E-state index contributed by atoms with van der Waals surface area (Å²) in [5, 5.41) is 0. The van der Waals surface area contributed by atoms with Gasteiger partial charge in [0.2, 0.25) is 6.43 Å². The summed E-state index contributed by atoms with van der Waals surface area (Å²) in [4.78, 5) is 0. The van der Waals surface area contributed by atoms with Gasteiger partial charge in [-0.25, -0.2) is 8.78 Å². The molecule has 0 saturated carbocycles. The van der Waals surface area contributed by atoms with Crippen molar-refractivity contribution in [1.29, 1.82) is 0 Å². The van der Waals surface area contributed by atoms with Gasteiger partial charge in [0.05, 0.1) is 0 Å². The van der Waals surface area contributed by atoms with Gasteiger partial charge in [0.25, 0.3) is 0 Å². The molecule has 1 aromatic carbocycles. The molecule has 0 radical (unpaired) electrons. The highest BCUT2D eigenvalue weighted by molar-refractivity contribution is 9.10. The molecule has 0 amide bonds. The van der Waals surface area contributed by atoms with Crippen molar-refractivity contribution in [2.75, 3.05) is 0 Å². The highest BCUT2D eigenvalue weighted by Gasteiger charge is 2.11. The van der Waals surface area contributed by atoms with E-state index < -0.39 is 19.5 Å². The third kappa shape index (κ3) is 4.07. The first kappa shape index (κ1) is 12.3. The smallest absolute Gasteiger partial charge is 0.387 e. The van der Waals surface area contributed by atoms with Crippen LogP contribution in [0.25, 0.3) is 0 Å². The van der Waals surface area contributed by atoms with Gasteiger partial charge in [-0.2, -0.15) is 8.78 Å². The van der Waals surface area contributed by atoms with E-state index in [0.717, 1.165) is 0 Å². The van der Waals surface area contributed by atoms with E-state index in [1.54, 1.807) is 0 Å². The van der Waals surface area contributed by atoms with Gasteiger partial charge in [0, 0.05) is 10.9 Å². The van der Waals surface area contributed by atoms with Crippen molar-refractivity contribution in [1.82, 2.24) is 0 Å². The van der Waals surface area contributed by atoms with Gasteiger partial charge >= 0.3 is 6.61 Å². The number of hydrogen-bond donors (Lipinski definition) is 0. The Kier molecular flexibility index (Phi) is 4.38. The molecule has 0 aliphatic carbocycles. The highest BCUT2D eigenvalue weighted by atomic mass is 79.9. The predicted octanol–water partition coefficient (Wildman–Crippen LogP) is 3.86. The van der Waals surface area contributed by atoms with Gasteiger partial charge in [-0.1, -0.05) is 15.9 Å². The van der Waals surface area contributed by atoms with Crippen LogP contribution in [0.5, 0.6) is 5.75 Å². The molecule has 1 rings (SSSR count). The summed E-state index contributed by atoms with van der Waals surface area (Å²) >= 11 is 3.05. The van der Waals surface area contributed by atoms with E-state index in [9.17, 15) is 17.6 Å². The molecule has 0 aliphatic heterocycles. The second-order valence-electron chi connectivity index (χ2n) is 2.73. The van der Waals surface area contributed by atoms with E-state index in [1.807, 2.05) is 0 Å². The fourth-order valence-corrected chi connectivity index (χ4v) is 1.46. The Morgan fingerprint density at radius 3 is 2.40 bits per heavy atom. The molecule has 0 aromatic heterocycles. The normalized spacial score (nSPS) is 11.1. The van der Waals surface area contributed by atoms with Gasteiger partial charge in [-0.3, -0.25) is 0 Å². The first-order chi connectivity index (χ1) is 6.99. The SMILES string of the molecule is FC(F)Cc1cc(OC(F)F)ccc1Br. The number of benzene rings is 1.